The van der Waals surface area contributed by atoms with E-state index in [1.165, 1.54) is 0 Å². The Kier molecular flexibility index (Phi) is 2.02. The standard InChI is InChI=1S/C12H15FN2/c13-12(9-2-1-5-14-8-9)6-10-3-4-11(7-12)15-10/h1-2,5,8,10-11,15H,3-4,6-7H2. The maximum atomic E-state index is 14.8. The molecule has 3 rings (SSSR count). The van der Waals surface area contributed by atoms with E-state index in [-0.39, 0.29) is 0 Å². The van der Waals surface area contributed by atoms with Crippen molar-refractivity contribution in [2.75, 3.05) is 0 Å². The Bertz CT molecular complexity index is 340. The fourth-order valence-electron chi connectivity index (χ4n) is 2.95. The first-order valence-corrected chi connectivity index (χ1v) is 5.62. The summed E-state index contributed by atoms with van der Waals surface area (Å²) in [4.78, 5) is 4.02. The van der Waals surface area contributed by atoms with Crippen molar-refractivity contribution in [3.05, 3.63) is 30.1 Å². The zero-order valence-electron chi connectivity index (χ0n) is 8.62. The molecule has 0 radical (unpaired) electrons. The topological polar surface area (TPSA) is 24.9 Å². The Labute approximate surface area is 88.9 Å². The highest BCUT2D eigenvalue weighted by atomic mass is 19.1. The minimum absolute atomic E-state index is 0.369. The summed E-state index contributed by atoms with van der Waals surface area (Å²) in [5, 5.41) is 3.45. The molecule has 0 amide bonds. The van der Waals surface area contributed by atoms with E-state index < -0.39 is 5.67 Å². The molecule has 2 unspecified atom stereocenters. The molecule has 1 aromatic rings. The Morgan fingerprint density at radius 1 is 1.33 bits per heavy atom. The molecule has 2 nitrogen and oxygen atoms in total. The van der Waals surface area contributed by atoms with E-state index in [9.17, 15) is 4.39 Å². The van der Waals surface area contributed by atoms with Gasteiger partial charge >= 0.3 is 0 Å². The molecule has 2 bridgehead atoms. The van der Waals surface area contributed by atoms with Crippen molar-refractivity contribution in [3.8, 4) is 0 Å². The SMILES string of the molecule is FC1(c2cccnc2)CC2CCC(C1)N2. The molecule has 3 heteroatoms. The van der Waals surface area contributed by atoms with Crippen molar-refractivity contribution >= 4 is 0 Å². The van der Waals surface area contributed by atoms with E-state index in [0.29, 0.717) is 24.9 Å². The largest absolute Gasteiger partial charge is 0.311 e. The van der Waals surface area contributed by atoms with Gasteiger partial charge in [-0.05, 0) is 18.9 Å². The molecule has 1 N–H and O–H groups in total. The Morgan fingerprint density at radius 3 is 2.67 bits per heavy atom. The van der Waals surface area contributed by atoms with Crippen molar-refractivity contribution < 1.29 is 4.39 Å². The first-order chi connectivity index (χ1) is 7.26. The third kappa shape index (κ3) is 1.55. The van der Waals surface area contributed by atoms with E-state index in [1.54, 1.807) is 12.4 Å². The maximum absolute atomic E-state index is 14.8. The van der Waals surface area contributed by atoms with Crippen LogP contribution in [0.2, 0.25) is 0 Å². The second kappa shape index (κ2) is 3.27. The minimum atomic E-state index is -1.15. The highest BCUT2D eigenvalue weighted by Crippen LogP contribution is 2.43. The molecule has 2 aliphatic rings. The third-order valence-corrected chi connectivity index (χ3v) is 3.65. The van der Waals surface area contributed by atoms with Crippen LogP contribution in [-0.2, 0) is 5.67 Å². The lowest BCUT2D eigenvalue weighted by molar-refractivity contribution is 0.0870. The number of nitrogens with zero attached hydrogens (tertiary/aromatic N) is 1. The van der Waals surface area contributed by atoms with E-state index in [0.717, 1.165) is 18.4 Å². The average molecular weight is 206 g/mol. The summed E-state index contributed by atoms with van der Waals surface area (Å²) in [5.74, 6) is 0. The Morgan fingerprint density at radius 2 is 2.07 bits per heavy atom. The molecule has 1 aromatic heterocycles. The van der Waals surface area contributed by atoms with Crippen LogP contribution in [-0.4, -0.2) is 17.1 Å². The van der Waals surface area contributed by atoms with Crippen LogP contribution in [0, 0.1) is 0 Å². The van der Waals surface area contributed by atoms with Gasteiger partial charge in [-0.2, -0.15) is 0 Å². The first-order valence-electron chi connectivity index (χ1n) is 5.62. The van der Waals surface area contributed by atoms with Crippen molar-refractivity contribution in [1.82, 2.24) is 10.3 Å². The normalized spacial score (nSPS) is 39.3. The number of fused-ring (bicyclic) bond motifs is 2. The van der Waals surface area contributed by atoms with Gasteiger partial charge in [0.1, 0.15) is 5.67 Å². The van der Waals surface area contributed by atoms with Crippen LogP contribution in [0.4, 0.5) is 4.39 Å². The summed E-state index contributed by atoms with van der Waals surface area (Å²) in [6.45, 7) is 0. The summed E-state index contributed by atoms with van der Waals surface area (Å²) in [7, 11) is 0. The quantitative estimate of drug-likeness (QED) is 0.761. The monoisotopic (exact) mass is 206 g/mol. The van der Waals surface area contributed by atoms with E-state index in [4.69, 9.17) is 0 Å². The van der Waals surface area contributed by atoms with Gasteiger partial charge in [0.15, 0.2) is 0 Å². The van der Waals surface area contributed by atoms with Crippen molar-refractivity contribution in [2.45, 2.75) is 43.4 Å². The molecular weight excluding hydrogens is 191 g/mol. The lowest BCUT2D eigenvalue weighted by Gasteiger charge is -2.35. The second-order valence-corrected chi connectivity index (χ2v) is 4.75. The molecule has 0 spiro atoms. The molecule has 0 saturated carbocycles. The van der Waals surface area contributed by atoms with Crippen molar-refractivity contribution in [3.63, 3.8) is 0 Å². The number of hydrogen-bond donors (Lipinski definition) is 1. The number of hydrogen-bond acceptors (Lipinski definition) is 2. The lowest BCUT2D eigenvalue weighted by atomic mass is 9.84. The van der Waals surface area contributed by atoms with Gasteiger partial charge in [-0.3, -0.25) is 4.98 Å². The maximum Gasteiger partial charge on any atom is 0.140 e. The zero-order chi connectivity index (χ0) is 10.3. The van der Waals surface area contributed by atoms with Gasteiger partial charge in [0.25, 0.3) is 0 Å². The number of pyridine rings is 1. The van der Waals surface area contributed by atoms with Crippen LogP contribution < -0.4 is 5.32 Å². The van der Waals surface area contributed by atoms with E-state index in [1.807, 2.05) is 12.1 Å². The Hall–Kier alpha value is -0.960. The third-order valence-electron chi connectivity index (χ3n) is 3.65. The predicted molar refractivity (Wildman–Crippen MR) is 56.2 cm³/mol. The van der Waals surface area contributed by atoms with E-state index >= 15 is 0 Å². The van der Waals surface area contributed by atoms with Crippen LogP contribution in [0.25, 0.3) is 0 Å². The fraction of sp³-hybridized carbons (Fsp3) is 0.583. The number of halogens is 1. The van der Waals surface area contributed by atoms with Crippen LogP contribution in [0.15, 0.2) is 24.5 Å². The highest BCUT2D eigenvalue weighted by molar-refractivity contribution is 5.21. The molecule has 2 saturated heterocycles. The summed E-state index contributed by atoms with van der Waals surface area (Å²) in [6.07, 6.45) is 6.82. The van der Waals surface area contributed by atoms with Crippen molar-refractivity contribution in [1.29, 1.82) is 0 Å². The van der Waals surface area contributed by atoms with Gasteiger partial charge < -0.3 is 5.32 Å². The van der Waals surface area contributed by atoms with Crippen LogP contribution in [0.5, 0.6) is 0 Å². The Balaban J connectivity index is 1.91. The smallest absolute Gasteiger partial charge is 0.140 e. The van der Waals surface area contributed by atoms with Gasteiger partial charge in [-0.25, -0.2) is 4.39 Å². The lowest BCUT2D eigenvalue weighted by Crippen LogP contribution is -2.44. The van der Waals surface area contributed by atoms with Gasteiger partial charge in [-0.1, -0.05) is 6.07 Å². The molecule has 0 aliphatic carbocycles. The second-order valence-electron chi connectivity index (χ2n) is 4.75. The predicted octanol–water partition coefficient (Wildman–Crippen LogP) is 2.16. The van der Waals surface area contributed by atoms with Crippen molar-refractivity contribution in [2.24, 2.45) is 0 Å². The van der Waals surface area contributed by atoms with Crippen LogP contribution >= 0.6 is 0 Å². The van der Waals surface area contributed by atoms with Gasteiger partial charge in [-0.15, -0.1) is 0 Å². The first kappa shape index (κ1) is 9.28. The molecule has 80 valence electrons. The molecule has 2 aliphatic heterocycles. The minimum Gasteiger partial charge on any atom is -0.311 e. The molecule has 15 heavy (non-hydrogen) atoms. The number of aromatic nitrogens is 1. The summed E-state index contributed by atoms with van der Waals surface area (Å²) in [6, 6.07) is 4.42. The summed E-state index contributed by atoms with van der Waals surface area (Å²) in [5.41, 5.74) is -0.394. The number of piperidine rings is 1. The number of alkyl halides is 1. The zero-order valence-corrected chi connectivity index (χ0v) is 8.62. The van der Waals surface area contributed by atoms with Crippen LogP contribution in [0.1, 0.15) is 31.2 Å². The van der Waals surface area contributed by atoms with Gasteiger partial charge in [0.05, 0.1) is 0 Å². The number of nitrogens with one attached hydrogen (secondary N) is 1. The average Bonchev–Trinajstić information content (AvgIpc) is 2.60. The molecule has 3 heterocycles. The molecule has 0 aromatic carbocycles. The van der Waals surface area contributed by atoms with Crippen LogP contribution in [0.3, 0.4) is 0 Å². The molecule has 2 atom stereocenters. The van der Waals surface area contributed by atoms with Gasteiger partial charge in [0, 0.05) is 42.9 Å². The molecular formula is C12H15FN2. The summed E-state index contributed by atoms with van der Waals surface area (Å²) >= 11 is 0. The fourth-order valence-corrected chi connectivity index (χ4v) is 2.95. The number of rotatable bonds is 1. The highest BCUT2D eigenvalue weighted by Gasteiger charge is 2.45. The molecule has 2 fully saturated rings. The van der Waals surface area contributed by atoms with E-state index in [2.05, 4.69) is 10.3 Å². The summed E-state index contributed by atoms with van der Waals surface area (Å²) < 4.78 is 14.8. The van der Waals surface area contributed by atoms with Gasteiger partial charge in [0.2, 0.25) is 0 Å².